The number of hydrogen-bond donors (Lipinski definition) is 0. The van der Waals surface area contributed by atoms with E-state index in [9.17, 15) is 9.18 Å². The van der Waals surface area contributed by atoms with E-state index in [1.807, 2.05) is 0 Å². The molecule has 0 unspecified atom stereocenters. The molecule has 0 aromatic heterocycles. The summed E-state index contributed by atoms with van der Waals surface area (Å²) in [6.07, 6.45) is 3.51. The van der Waals surface area contributed by atoms with Crippen LogP contribution in [-0.2, 0) is 28.5 Å². The van der Waals surface area contributed by atoms with Gasteiger partial charge in [-0.15, -0.1) is 0 Å². The summed E-state index contributed by atoms with van der Waals surface area (Å²) in [4.78, 5) is 11.3. The van der Waals surface area contributed by atoms with Gasteiger partial charge in [0, 0.05) is 6.42 Å². The van der Waals surface area contributed by atoms with E-state index in [0.717, 1.165) is 19.3 Å². The van der Waals surface area contributed by atoms with Crippen molar-refractivity contribution in [1.29, 1.82) is 0 Å². The van der Waals surface area contributed by atoms with Gasteiger partial charge in [-0.1, -0.05) is 19.8 Å². The molecule has 0 heterocycles. The lowest BCUT2D eigenvalue weighted by molar-refractivity contribution is -0.145. The summed E-state index contributed by atoms with van der Waals surface area (Å²) < 4.78 is 37.4. The minimum Gasteiger partial charge on any atom is -0.463 e. The minimum atomic E-state index is -0.471. The van der Waals surface area contributed by atoms with Gasteiger partial charge in [0.1, 0.15) is 13.3 Å². The van der Waals surface area contributed by atoms with Crippen molar-refractivity contribution in [2.75, 3.05) is 66.1 Å². The Hall–Kier alpha value is -0.760. The van der Waals surface area contributed by atoms with Gasteiger partial charge in [-0.05, 0) is 6.42 Å². The molecule has 7 heteroatoms. The van der Waals surface area contributed by atoms with E-state index in [0.29, 0.717) is 52.7 Å². The summed E-state index contributed by atoms with van der Waals surface area (Å²) >= 11 is 0. The maximum atomic E-state index is 11.7. The van der Waals surface area contributed by atoms with E-state index in [4.69, 9.17) is 23.7 Å². The van der Waals surface area contributed by atoms with Gasteiger partial charge in [-0.25, -0.2) is 4.39 Å². The Bertz CT molecular complexity index is 253. The van der Waals surface area contributed by atoms with Gasteiger partial charge in [-0.2, -0.15) is 0 Å². The van der Waals surface area contributed by atoms with Gasteiger partial charge in [0.05, 0.1) is 52.9 Å². The molecule has 0 bridgehead atoms. The van der Waals surface area contributed by atoms with Gasteiger partial charge >= 0.3 is 5.97 Å². The molecule has 0 fully saturated rings. The van der Waals surface area contributed by atoms with Crippen LogP contribution < -0.4 is 0 Å². The van der Waals surface area contributed by atoms with Crippen molar-refractivity contribution >= 4 is 5.97 Å². The van der Waals surface area contributed by atoms with Crippen LogP contribution in [0.1, 0.15) is 32.6 Å². The third-order valence-electron chi connectivity index (χ3n) is 2.81. The lowest BCUT2D eigenvalue weighted by Gasteiger charge is -2.07. The quantitative estimate of drug-likeness (QED) is 0.282. The lowest BCUT2D eigenvalue weighted by atomic mass is 10.2. The number of carbonyl (C=O) groups excluding carboxylic acids is 1. The number of alkyl halides is 1. The minimum absolute atomic E-state index is 0.116. The summed E-state index contributed by atoms with van der Waals surface area (Å²) in [5.41, 5.74) is 0. The Morgan fingerprint density at radius 3 is 1.70 bits per heavy atom. The molecule has 0 spiro atoms. The highest BCUT2D eigenvalue weighted by atomic mass is 19.1. The van der Waals surface area contributed by atoms with Crippen LogP contribution in [0, 0.1) is 0 Å². The van der Waals surface area contributed by atoms with Crippen molar-refractivity contribution in [3.05, 3.63) is 0 Å². The van der Waals surface area contributed by atoms with Crippen molar-refractivity contribution < 1.29 is 32.9 Å². The molecule has 0 aliphatic heterocycles. The highest BCUT2D eigenvalue weighted by molar-refractivity contribution is 5.69. The fourth-order valence-electron chi connectivity index (χ4n) is 1.62. The summed E-state index contributed by atoms with van der Waals surface area (Å²) in [7, 11) is 0. The van der Waals surface area contributed by atoms with E-state index in [1.54, 1.807) is 0 Å². The van der Waals surface area contributed by atoms with Crippen molar-refractivity contribution in [1.82, 2.24) is 0 Å². The van der Waals surface area contributed by atoms with Gasteiger partial charge in [0.2, 0.25) is 0 Å². The van der Waals surface area contributed by atoms with E-state index in [-0.39, 0.29) is 19.2 Å². The van der Waals surface area contributed by atoms with Crippen molar-refractivity contribution in [2.24, 2.45) is 0 Å². The molecule has 0 rings (SSSR count). The van der Waals surface area contributed by atoms with Crippen LogP contribution >= 0.6 is 0 Å². The molecule has 0 aliphatic rings. The SMILES string of the molecule is CCCCCC(=O)OCCOCCOCCOCCOCCF. The molecule has 0 saturated carbocycles. The van der Waals surface area contributed by atoms with E-state index in [2.05, 4.69) is 6.92 Å². The number of hydrogen-bond acceptors (Lipinski definition) is 6. The zero-order valence-corrected chi connectivity index (χ0v) is 14.2. The first-order valence-electron chi connectivity index (χ1n) is 8.33. The predicted molar refractivity (Wildman–Crippen MR) is 84.4 cm³/mol. The largest absolute Gasteiger partial charge is 0.463 e. The van der Waals surface area contributed by atoms with Crippen LogP contribution in [0.4, 0.5) is 4.39 Å². The third-order valence-corrected chi connectivity index (χ3v) is 2.81. The van der Waals surface area contributed by atoms with E-state index in [1.165, 1.54) is 0 Å². The zero-order valence-electron chi connectivity index (χ0n) is 14.2. The second-order valence-corrected chi connectivity index (χ2v) is 4.82. The molecule has 23 heavy (non-hydrogen) atoms. The molecule has 6 nitrogen and oxygen atoms in total. The molecule has 0 aromatic carbocycles. The smallest absolute Gasteiger partial charge is 0.305 e. The molecular weight excluding hydrogens is 307 g/mol. The number of halogens is 1. The van der Waals surface area contributed by atoms with Crippen molar-refractivity contribution in [2.45, 2.75) is 32.6 Å². The van der Waals surface area contributed by atoms with Crippen LogP contribution in [0.15, 0.2) is 0 Å². The Labute approximate surface area is 138 Å². The monoisotopic (exact) mass is 338 g/mol. The molecular formula is C16H31FO6. The Kier molecular flexibility index (Phi) is 18.6. The van der Waals surface area contributed by atoms with Crippen LogP contribution in [0.25, 0.3) is 0 Å². The number of carbonyl (C=O) groups is 1. The second kappa shape index (κ2) is 19.3. The molecule has 0 amide bonds. The predicted octanol–water partition coefficient (Wildman–Crippen LogP) is 2.15. The Morgan fingerprint density at radius 1 is 0.739 bits per heavy atom. The normalized spacial score (nSPS) is 10.9. The number of esters is 1. The molecule has 138 valence electrons. The number of ether oxygens (including phenoxy) is 5. The average molecular weight is 338 g/mol. The van der Waals surface area contributed by atoms with Crippen LogP contribution in [0.2, 0.25) is 0 Å². The first kappa shape index (κ1) is 22.2. The van der Waals surface area contributed by atoms with Gasteiger partial charge in [-0.3, -0.25) is 4.79 Å². The van der Waals surface area contributed by atoms with Gasteiger partial charge in [0.15, 0.2) is 0 Å². The Balaban J connectivity index is 3.06. The number of unbranched alkanes of at least 4 members (excludes halogenated alkanes) is 2. The Morgan fingerprint density at radius 2 is 1.22 bits per heavy atom. The van der Waals surface area contributed by atoms with Gasteiger partial charge < -0.3 is 23.7 Å². The van der Waals surface area contributed by atoms with Gasteiger partial charge in [0.25, 0.3) is 0 Å². The highest BCUT2D eigenvalue weighted by Crippen LogP contribution is 2.00. The summed E-state index contributed by atoms with van der Waals surface area (Å²) in [5.74, 6) is -0.161. The summed E-state index contributed by atoms with van der Waals surface area (Å²) in [6.45, 7) is 5.08. The molecule has 0 aromatic rings. The molecule has 0 atom stereocenters. The van der Waals surface area contributed by atoms with E-state index < -0.39 is 6.67 Å². The fraction of sp³-hybridized carbons (Fsp3) is 0.938. The topological polar surface area (TPSA) is 63.2 Å². The molecule has 0 N–H and O–H groups in total. The average Bonchev–Trinajstić information content (AvgIpc) is 2.55. The second-order valence-electron chi connectivity index (χ2n) is 4.82. The fourth-order valence-corrected chi connectivity index (χ4v) is 1.62. The first-order valence-corrected chi connectivity index (χ1v) is 8.33. The standard InChI is InChI=1S/C16H31FO6/c1-2-3-4-5-16(18)23-15-14-22-13-12-21-11-10-20-9-8-19-7-6-17/h2-15H2,1H3. The lowest BCUT2D eigenvalue weighted by Crippen LogP contribution is -2.14. The molecule has 0 aliphatic carbocycles. The number of rotatable bonds is 18. The summed E-state index contributed by atoms with van der Waals surface area (Å²) in [6, 6.07) is 0. The molecule has 0 radical (unpaired) electrons. The van der Waals surface area contributed by atoms with Crippen LogP contribution in [0.5, 0.6) is 0 Å². The zero-order chi connectivity index (χ0) is 17.0. The van der Waals surface area contributed by atoms with Crippen LogP contribution in [0.3, 0.4) is 0 Å². The third kappa shape index (κ3) is 19.2. The van der Waals surface area contributed by atoms with Crippen LogP contribution in [-0.4, -0.2) is 72.1 Å². The van der Waals surface area contributed by atoms with E-state index >= 15 is 0 Å². The maximum Gasteiger partial charge on any atom is 0.305 e. The van der Waals surface area contributed by atoms with Crippen molar-refractivity contribution in [3.8, 4) is 0 Å². The highest BCUT2D eigenvalue weighted by Gasteiger charge is 2.01. The maximum absolute atomic E-state index is 11.7. The first-order chi connectivity index (χ1) is 11.3. The summed E-state index contributed by atoms with van der Waals surface area (Å²) in [5, 5.41) is 0. The van der Waals surface area contributed by atoms with Crippen molar-refractivity contribution in [3.63, 3.8) is 0 Å². The molecule has 0 saturated heterocycles.